The smallest absolute Gasteiger partial charge is 0.251 e. The molecule has 2 aromatic rings. The molecule has 6 heteroatoms. The molecule has 2 atom stereocenters. The Labute approximate surface area is 150 Å². The van der Waals surface area contributed by atoms with Gasteiger partial charge in [0.25, 0.3) is 5.91 Å². The summed E-state index contributed by atoms with van der Waals surface area (Å²) in [5, 5.41) is 2.74. The molecule has 1 fully saturated rings. The number of nitrogens with zero attached hydrogens (tertiary/aromatic N) is 1. The van der Waals surface area contributed by atoms with Crippen molar-refractivity contribution in [2.75, 3.05) is 13.3 Å². The van der Waals surface area contributed by atoms with E-state index in [0.717, 1.165) is 12.8 Å². The van der Waals surface area contributed by atoms with Crippen molar-refractivity contribution in [1.29, 1.82) is 0 Å². The molecule has 3 heterocycles. The lowest BCUT2D eigenvalue weighted by Crippen LogP contribution is -2.38. The highest BCUT2D eigenvalue weighted by Crippen LogP contribution is 2.52. The van der Waals surface area contributed by atoms with E-state index < -0.39 is 0 Å². The van der Waals surface area contributed by atoms with Crippen molar-refractivity contribution in [2.45, 2.75) is 24.9 Å². The molecule has 5 rings (SSSR count). The van der Waals surface area contributed by atoms with E-state index in [9.17, 15) is 9.59 Å². The molecule has 2 unspecified atom stereocenters. The van der Waals surface area contributed by atoms with E-state index in [1.807, 2.05) is 17.0 Å². The fourth-order valence-corrected chi connectivity index (χ4v) is 4.27. The minimum Gasteiger partial charge on any atom is -0.454 e. The Morgan fingerprint density at radius 1 is 1.00 bits per heavy atom. The number of rotatable bonds is 3. The predicted molar refractivity (Wildman–Crippen MR) is 92.9 cm³/mol. The normalized spacial score (nSPS) is 21.6. The van der Waals surface area contributed by atoms with Crippen molar-refractivity contribution in [3.05, 3.63) is 59.2 Å². The van der Waals surface area contributed by atoms with E-state index in [2.05, 4.69) is 17.4 Å². The maximum absolute atomic E-state index is 12.8. The molecular formula is C20H18N2O4. The number of carbonyl (C=O) groups is 2. The summed E-state index contributed by atoms with van der Waals surface area (Å²) < 4.78 is 10.5. The minimum atomic E-state index is -0.291. The number of ether oxygens (including phenoxy) is 2. The Hall–Kier alpha value is -3.02. The van der Waals surface area contributed by atoms with Crippen LogP contribution in [-0.2, 0) is 4.79 Å². The molecule has 1 N–H and O–H groups in total. The summed E-state index contributed by atoms with van der Waals surface area (Å²) in [6.45, 7) is 0.158. The lowest BCUT2D eigenvalue weighted by molar-refractivity contribution is -0.132. The van der Waals surface area contributed by atoms with Crippen molar-refractivity contribution in [2.24, 2.45) is 0 Å². The van der Waals surface area contributed by atoms with Crippen LogP contribution in [0.15, 0.2) is 42.5 Å². The van der Waals surface area contributed by atoms with Crippen molar-refractivity contribution < 1.29 is 19.1 Å². The summed E-state index contributed by atoms with van der Waals surface area (Å²) in [6.07, 6.45) is 1.98. The Balaban J connectivity index is 1.27. The zero-order chi connectivity index (χ0) is 17.7. The Morgan fingerprint density at radius 2 is 1.69 bits per heavy atom. The molecule has 2 bridgehead atoms. The Bertz CT molecular complexity index is 879. The van der Waals surface area contributed by atoms with Crippen LogP contribution in [0, 0.1) is 0 Å². The quantitative estimate of drug-likeness (QED) is 0.924. The van der Waals surface area contributed by atoms with Crippen molar-refractivity contribution in [3.8, 4) is 11.5 Å². The van der Waals surface area contributed by atoms with Crippen LogP contribution in [0.25, 0.3) is 0 Å². The number of amides is 2. The average molecular weight is 350 g/mol. The van der Waals surface area contributed by atoms with Gasteiger partial charge in [-0.2, -0.15) is 0 Å². The van der Waals surface area contributed by atoms with E-state index >= 15 is 0 Å². The monoisotopic (exact) mass is 350 g/mol. The van der Waals surface area contributed by atoms with E-state index in [-0.39, 0.29) is 37.2 Å². The van der Waals surface area contributed by atoms with Crippen LogP contribution >= 0.6 is 0 Å². The number of benzene rings is 2. The first-order valence-electron chi connectivity index (χ1n) is 8.80. The summed E-state index contributed by atoms with van der Waals surface area (Å²) >= 11 is 0. The molecule has 0 saturated carbocycles. The molecule has 3 aliphatic rings. The molecule has 0 aliphatic carbocycles. The molecule has 1 saturated heterocycles. The lowest BCUT2D eigenvalue weighted by Gasteiger charge is -2.22. The van der Waals surface area contributed by atoms with Gasteiger partial charge in [-0.1, -0.05) is 24.3 Å². The first-order chi connectivity index (χ1) is 12.7. The van der Waals surface area contributed by atoms with Gasteiger partial charge in [-0.25, -0.2) is 0 Å². The molecule has 6 nitrogen and oxygen atoms in total. The summed E-state index contributed by atoms with van der Waals surface area (Å²) in [4.78, 5) is 27.1. The third-order valence-electron chi connectivity index (χ3n) is 5.42. The highest BCUT2D eigenvalue weighted by Gasteiger charge is 2.45. The first kappa shape index (κ1) is 15.3. The van der Waals surface area contributed by atoms with Gasteiger partial charge in [0.2, 0.25) is 12.7 Å². The summed E-state index contributed by atoms with van der Waals surface area (Å²) in [5.74, 6) is 0.851. The highest BCUT2D eigenvalue weighted by molar-refractivity contribution is 5.97. The SMILES string of the molecule is O=C(NCC(=O)N1C2CCC1c1ccccc12)c1ccc2c(c1)OCO2. The zero-order valence-corrected chi connectivity index (χ0v) is 14.1. The molecule has 0 spiro atoms. The Kier molecular flexibility index (Phi) is 3.38. The molecule has 132 valence electrons. The zero-order valence-electron chi connectivity index (χ0n) is 14.1. The number of hydrogen-bond acceptors (Lipinski definition) is 4. The number of fused-ring (bicyclic) bond motifs is 6. The minimum absolute atomic E-state index is 0.00569. The standard InChI is InChI=1S/C20H18N2O4/c23-19(22-15-6-7-16(22)14-4-2-1-3-13(14)15)10-21-20(24)12-5-8-17-18(9-12)26-11-25-17/h1-5,8-9,15-16H,6-7,10-11H2,(H,21,24). The summed E-state index contributed by atoms with van der Waals surface area (Å²) in [6, 6.07) is 13.5. The van der Waals surface area contributed by atoms with Gasteiger partial charge >= 0.3 is 0 Å². The number of carbonyl (C=O) groups excluding carboxylic acids is 2. The lowest BCUT2D eigenvalue weighted by atomic mass is 9.92. The van der Waals surface area contributed by atoms with E-state index in [0.29, 0.717) is 17.1 Å². The second kappa shape index (κ2) is 5.76. The van der Waals surface area contributed by atoms with Gasteiger partial charge < -0.3 is 19.7 Å². The molecule has 2 aromatic carbocycles. The van der Waals surface area contributed by atoms with Gasteiger partial charge in [0, 0.05) is 5.56 Å². The van der Waals surface area contributed by atoms with Crippen LogP contribution in [0.3, 0.4) is 0 Å². The number of nitrogens with one attached hydrogen (secondary N) is 1. The Morgan fingerprint density at radius 3 is 2.42 bits per heavy atom. The molecule has 2 amide bonds. The van der Waals surface area contributed by atoms with Crippen molar-refractivity contribution in [1.82, 2.24) is 10.2 Å². The van der Waals surface area contributed by atoms with E-state index in [4.69, 9.17) is 9.47 Å². The van der Waals surface area contributed by atoms with Gasteiger partial charge in [-0.3, -0.25) is 9.59 Å². The summed E-state index contributed by atoms with van der Waals surface area (Å²) in [7, 11) is 0. The van der Waals surface area contributed by atoms with E-state index in [1.165, 1.54) is 11.1 Å². The van der Waals surface area contributed by atoms with Crippen LogP contribution in [0.2, 0.25) is 0 Å². The average Bonchev–Trinajstić information content (AvgIpc) is 3.38. The first-order valence-corrected chi connectivity index (χ1v) is 8.80. The van der Waals surface area contributed by atoms with Crippen molar-refractivity contribution >= 4 is 11.8 Å². The van der Waals surface area contributed by atoms with Gasteiger partial charge in [0.15, 0.2) is 11.5 Å². The second-order valence-electron chi connectivity index (χ2n) is 6.79. The van der Waals surface area contributed by atoms with Crippen LogP contribution < -0.4 is 14.8 Å². The third-order valence-corrected chi connectivity index (χ3v) is 5.42. The molecule has 26 heavy (non-hydrogen) atoms. The van der Waals surface area contributed by atoms with Crippen LogP contribution in [0.5, 0.6) is 11.5 Å². The third kappa shape index (κ3) is 2.25. The van der Waals surface area contributed by atoms with Gasteiger partial charge in [-0.05, 0) is 42.2 Å². The van der Waals surface area contributed by atoms with Gasteiger partial charge in [-0.15, -0.1) is 0 Å². The topological polar surface area (TPSA) is 67.9 Å². The molecular weight excluding hydrogens is 332 g/mol. The maximum atomic E-state index is 12.8. The molecule has 0 aromatic heterocycles. The largest absolute Gasteiger partial charge is 0.454 e. The fraction of sp³-hybridized carbons (Fsp3) is 0.300. The molecule has 3 aliphatic heterocycles. The summed E-state index contributed by atoms with van der Waals surface area (Å²) in [5.41, 5.74) is 2.95. The second-order valence-corrected chi connectivity index (χ2v) is 6.79. The van der Waals surface area contributed by atoms with Crippen LogP contribution in [-0.4, -0.2) is 30.1 Å². The van der Waals surface area contributed by atoms with Gasteiger partial charge in [0.05, 0.1) is 18.6 Å². The van der Waals surface area contributed by atoms with Gasteiger partial charge in [0.1, 0.15) is 0 Å². The van der Waals surface area contributed by atoms with Crippen LogP contribution in [0.1, 0.15) is 46.4 Å². The van der Waals surface area contributed by atoms with E-state index in [1.54, 1.807) is 18.2 Å². The fourth-order valence-electron chi connectivity index (χ4n) is 4.27. The van der Waals surface area contributed by atoms with Crippen LogP contribution in [0.4, 0.5) is 0 Å². The number of hydrogen-bond donors (Lipinski definition) is 1. The maximum Gasteiger partial charge on any atom is 0.251 e. The molecule has 0 radical (unpaired) electrons. The van der Waals surface area contributed by atoms with Crippen molar-refractivity contribution in [3.63, 3.8) is 0 Å². The highest BCUT2D eigenvalue weighted by atomic mass is 16.7. The predicted octanol–water partition coefficient (Wildman–Crippen LogP) is 2.56.